The second kappa shape index (κ2) is 13.4. The van der Waals surface area contributed by atoms with Crippen LogP contribution in [-0.4, -0.2) is 57.2 Å². The number of H-pyrrole nitrogens is 1. The van der Waals surface area contributed by atoms with Gasteiger partial charge in [-0.1, -0.05) is 11.2 Å². The van der Waals surface area contributed by atoms with Crippen molar-refractivity contribution >= 4 is 34.6 Å². The summed E-state index contributed by atoms with van der Waals surface area (Å²) in [4.78, 5) is 36.0. The van der Waals surface area contributed by atoms with Gasteiger partial charge in [-0.25, -0.2) is 13.8 Å². The zero-order valence-corrected chi connectivity index (χ0v) is 23.9. The second-order valence-corrected chi connectivity index (χ2v) is 10.6. The highest BCUT2D eigenvalue weighted by Crippen LogP contribution is 2.38. The molecule has 19 heteroatoms. The number of carbonyl (C=O) groups excluding carboxylic acids is 2. The molecule has 1 aliphatic carbocycles. The molecular weight excluding hydrogens is 650 g/mol. The van der Waals surface area contributed by atoms with Crippen molar-refractivity contribution in [3.63, 3.8) is 0 Å². The molecule has 252 valence electrons. The molecule has 11 nitrogen and oxygen atoms in total. The fourth-order valence-corrected chi connectivity index (χ4v) is 5.01. The number of imidazole rings is 1. The van der Waals surface area contributed by atoms with Crippen LogP contribution in [0.25, 0.3) is 11.2 Å². The van der Waals surface area contributed by atoms with E-state index < -0.39 is 66.3 Å². The first-order valence-corrected chi connectivity index (χ1v) is 14.0. The molecule has 47 heavy (non-hydrogen) atoms. The van der Waals surface area contributed by atoms with Gasteiger partial charge in [-0.15, -0.1) is 0 Å². The van der Waals surface area contributed by atoms with Crippen LogP contribution in [0.2, 0.25) is 0 Å². The maximum Gasteiger partial charge on any atom is 0.418 e. The third kappa shape index (κ3) is 8.25. The molecule has 0 unspecified atom stereocenters. The number of anilines is 2. The van der Waals surface area contributed by atoms with Gasteiger partial charge in [-0.2, -0.15) is 31.3 Å². The SMILES string of the molecule is O=C(NCc1ccc(C(F)(F)F)c(Nc2nc3cc(C(=O)N[C@H]4CC[C@H](C(F)(F)F)CC4)c(OCC(F)F)nc3[nH]2)c1)c1ccno1. The summed E-state index contributed by atoms with van der Waals surface area (Å²) in [6, 6.07) is 4.84. The third-order valence-corrected chi connectivity index (χ3v) is 7.31. The zero-order chi connectivity index (χ0) is 33.9. The molecule has 0 atom stereocenters. The Bertz CT molecular complexity index is 1720. The average Bonchev–Trinajstić information content (AvgIpc) is 3.67. The van der Waals surface area contributed by atoms with Crippen LogP contribution in [0.1, 0.15) is 57.7 Å². The lowest BCUT2D eigenvalue weighted by Crippen LogP contribution is -2.40. The molecule has 0 bridgehead atoms. The van der Waals surface area contributed by atoms with Gasteiger partial charge in [0.25, 0.3) is 18.2 Å². The molecule has 0 spiro atoms. The van der Waals surface area contributed by atoms with Crippen LogP contribution in [0.3, 0.4) is 0 Å². The van der Waals surface area contributed by atoms with E-state index in [-0.39, 0.29) is 66.2 Å². The third-order valence-electron chi connectivity index (χ3n) is 7.31. The zero-order valence-electron chi connectivity index (χ0n) is 23.9. The van der Waals surface area contributed by atoms with E-state index in [1.54, 1.807) is 0 Å². The number of ether oxygens (including phenoxy) is 1. The quantitative estimate of drug-likeness (QED) is 0.147. The molecule has 2 amide bonds. The lowest BCUT2D eigenvalue weighted by atomic mass is 9.85. The minimum atomic E-state index is -4.81. The Hall–Kier alpha value is -4.97. The molecule has 4 N–H and O–H groups in total. The van der Waals surface area contributed by atoms with Crippen LogP contribution in [-0.2, 0) is 12.7 Å². The number of carbonyl (C=O) groups is 2. The maximum atomic E-state index is 13.9. The highest BCUT2D eigenvalue weighted by molar-refractivity contribution is 5.99. The van der Waals surface area contributed by atoms with E-state index >= 15 is 0 Å². The highest BCUT2D eigenvalue weighted by atomic mass is 19.4. The van der Waals surface area contributed by atoms with Crippen molar-refractivity contribution in [1.29, 1.82) is 0 Å². The minimum absolute atomic E-state index is 0.0274. The van der Waals surface area contributed by atoms with Gasteiger partial charge in [0.1, 0.15) is 11.1 Å². The maximum absolute atomic E-state index is 13.9. The van der Waals surface area contributed by atoms with Crippen molar-refractivity contribution in [1.82, 2.24) is 30.7 Å². The molecule has 1 saturated carbocycles. The fourth-order valence-electron chi connectivity index (χ4n) is 5.01. The van der Waals surface area contributed by atoms with E-state index in [9.17, 15) is 44.7 Å². The number of nitrogens with zero attached hydrogens (tertiary/aromatic N) is 3. The molecule has 1 fully saturated rings. The number of hydrogen-bond donors (Lipinski definition) is 4. The number of halogens is 8. The fraction of sp³-hybridized carbons (Fsp3) is 0.393. The van der Waals surface area contributed by atoms with Crippen LogP contribution < -0.4 is 20.7 Å². The molecule has 1 aliphatic rings. The number of pyridine rings is 1. The Morgan fingerprint density at radius 2 is 1.74 bits per heavy atom. The molecule has 3 heterocycles. The van der Waals surface area contributed by atoms with Gasteiger partial charge in [0.2, 0.25) is 17.6 Å². The van der Waals surface area contributed by atoms with E-state index in [4.69, 9.17) is 9.26 Å². The van der Waals surface area contributed by atoms with E-state index in [0.717, 1.165) is 24.3 Å². The summed E-state index contributed by atoms with van der Waals surface area (Å²) in [7, 11) is 0. The topological polar surface area (TPSA) is 147 Å². The molecule has 0 radical (unpaired) electrons. The van der Waals surface area contributed by atoms with Gasteiger partial charge in [0.15, 0.2) is 12.3 Å². The van der Waals surface area contributed by atoms with E-state index in [0.29, 0.717) is 0 Å². The summed E-state index contributed by atoms with van der Waals surface area (Å²) >= 11 is 0. The molecule has 3 aromatic heterocycles. The number of amides is 2. The van der Waals surface area contributed by atoms with Crippen LogP contribution in [0.15, 0.2) is 41.1 Å². The predicted octanol–water partition coefficient (Wildman–Crippen LogP) is 6.13. The summed E-state index contributed by atoms with van der Waals surface area (Å²) in [5, 5.41) is 11.0. The smallest absolute Gasteiger partial charge is 0.418 e. The largest absolute Gasteiger partial charge is 0.471 e. The molecule has 0 saturated heterocycles. The first-order chi connectivity index (χ1) is 22.2. The van der Waals surface area contributed by atoms with Gasteiger partial charge < -0.3 is 30.2 Å². The Morgan fingerprint density at radius 3 is 2.38 bits per heavy atom. The number of alkyl halides is 8. The first kappa shape index (κ1) is 33.4. The highest BCUT2D eigenvalue weighted by Gasteiger charge is 2.41. The lowest BCUT2D eigenvalue weighted by molar-refractivity contribution is -0.182. The van der Waals surface area contributed by atoms with Crippen LogP contribution >= 0.6 is 0 Å². The predicted molar refractivity (Wildman–Crippen MR) is 147 cm³/mol. The molecule has 4 aromatic rings. The normalized spacial score (nSPS) is 17.1. The van der Waals surface area contributed by atoms with Crippen molar-refractivity contribution in [2.24, 2.45) is 5.92 Å². The van der Waals surface area contributed by atoms with E-state index in [2.05, 4.69) is 36.1 Å². The van der Waals surface area contributed by atoms with Gasteiger partial charge in [0.05, 0.1) is 23.4 Å². The first-order valence-electron chi connectivity index (χ1n) is 14.0. The molecular formula is C28H25F8N7O4. The Morgan fingerprint density at radius 1 is 1.00 bits per heavy atom. The molecule has 0 aliphatic heterocycles. The molecule has 1 aromatic carbocycles. The Labute approximate surface area is 259 Å². The number of aromatic amines is 1. The van der Waals surface area contributed by atoms with E-state index in [1.165, 1.54) is 12.3 Å². The summed E-state index contributed by atoms with van der Waals surface area (Å²) in [5.41, 5.74) is -1.85. The number of nitrogens with one attached hydrogen (secondary N) is 4. The minimum Gasteiger partial charge on any atom is -0.471 e. The van der Waals surface area contributed by atoms with Crippen LogP contribution in [0, 0.1) is 5.92 Å². The van der Waals surface area contributed by atoms with Gasteiger partial charge in [-0.3, -0.25) is 9.59 Å². The summed E-state index contributed by atoms with van der Waals surface area (Å²) in [5.74, 6) is -3.94. The lowest BCUT2D eigenvalue weighted by Gasteiger charge is -2.30. The average molecular weight is 676 g/mol. The standard InChI is InChI=1S/C28H25F8N7O4/c29-21(30)12-46-25-16(23(44)39-15-4-2-14(3-5-15)27(31,32)33)10-19-22(42-25)43-26(41-19)40-18-9-13(1-6-17(18)28(34,35)36)11-37-24(45)20-7-8-38-47-20/h1,6-10,14-15,21H,2-5,11-12H2,(H,37,45)(H,39,44)(H2,40,41,42,43)/t14-,15-. The second-order valence-electron chi connectivity index (χ2n) is 10.6. The van der Waals surface area contributed by atoms with Crippen molar-refractivity contribution in [2.45, 2.75) is 57.0 Å². The number of benzene rings is 1. The van der Waals surface area contributed by atoms with Crippen molar-refractivity contribution in [3.8, 4) is 5.88 Å². The van der Waals surface area contributed by atoms with Crippen molar-refractivity contribution in [3.05, 3.63) is 59.0 Å². The number of hydrogen-bond acceptors (Lipinski definition) is 8. The Kier molecular flexibility index (Phi) is 9.53. The monoisotopic (exact) mass is 675 g/mol. The van der Waals surface area contributed by atoms with Crippen molar-refractivity contribution < 1.29 is 54.0 Å². The number of aromatic nitrogens is 4. The van der Waals surface area contributed by atoms with Crippen LogP contribution in [0.4, 0.5) is 46.8 Å². The van der Waals surface area contributed by atoms with Gasteiger partial charge in [-0.05, 0) is 49.4 Å². The van der Waals surface area contributed by atoms with Crippen molar-refractivity contribution in [2.75, 3.05) is 11.9 Å². The Balaban J connectivity index is 1.38. The van der Waals surface area contributed by atoms with Gasteiger partial charge in [0, 0.05) is 18.7 Å². The summed E-state index contributed by atoms with van der Waals surface area (Å²) in [6.45, 7) is -1.33. The summed E-state index contributed by atoms with van der Waals surface area (Å²) in [6.07, 6.45) is -11.2. The van der Waals surface area contributed by atoms with Crippen LogP contribution in [0.5, 0.6) is 5.88 Å². The number of fused-ring (bicyclic) bond motifs is 1. The molecule has 5 rings (SSSR count). The van der Waals surface area contributed by atoms with Gasteiger partial charge >= 0.3 is 12.4 Å². The van der Waals surface area contributed by atoms with E-state index in [1.807, 2.05) is 0 Å². The number of rotatable bonds is 10. The summed E-state index contributed by atoms with van der Waals surface area (Å²) < 4.78 is 116.